The molecule has 0 atom stereocenters. The quantitative estimate of drug-likeness (QED) is 0.795. The number of aryl methyl sites for hydroxylation is 2. The Morgan fingerprint density at radius 3 is 2.82 bits per heavy atom. The average molecular weight is 232 g/mol. The average Bonchev–Trinajstić information content (AvgIpc) is 2.84. The van der Waals surface area contributed by atoms with Crippen LogP contribution in [0.2, 0.25) is 0 Å². The van der Waals surface area contributed by atoms with Gasteiger partial charge in [0, 0.05) is 6.42 Å². The van der Waals surface area contributed by atoms with E-state index in [-0.39, 0.29) is 0 Å². The monoisotopic (exact) mass is 232 g/mol. The molecular weight excluding hydrogens is 216 g/mol. The SMILES string of the molecule is CCc1cccc(OCc2nc(CC)no2)c1. The Kier molecular flexibility index (Phi) is 3.75. The molecule has 0 spiro atoms. The van der Waals surface area contributed by atoms with Gasteiger partial charge in [-0.2, -0.15) is 4.98 Å². The third-order valence-corrected chi connectivity index (χ3v) is 2.50. The fourth-order valence-corrected chi connectivity index (χ4v) is 1.49. The van der Waals surface area contributed by atoms with Crippen LogP contribution in [0.15, 0.2) is 28.8 Å². The van der Waals surface area contributed by atoms with Gasteiger partial charge in [0.1, 0.15) is 5.75 Å². The van der Waals surface area contributed by atoms with Gasteiger partial charge in [-0.25, -0.2) is 0 Å². The number of ether oxygens (including phenoxy) is 1. The van der Waals surface area contributed by atoms with Crippen LogP contribution in [0, 0.1) is 0 Å². The maximum Gasteiger partial charge on any atom is 0.264 e. The van der Waals surface area contributed by atoms with Gasteiger partial charge in [-0.1, -0.05) is 31.1 Å². The van der Waals surface area contributed by atoms with Crippen molar-refractivity contribution in [2.75, 3.05) is 0 Å². The van der Waals surface area contributed by atoms with Crippen molar-refractivity contribution in [3.05, 3.63) is 41.5 Å². The van der Waals surface area contributed by atoms with E-state index in [1.807, 2.05) is 25.1 Å². The van der Waals surface area contributed by atoms with E-state index in [0.717, 1.165) is 18.6 Å². The molecule has 0 radical (unpaired) electrons. The molecule has 0 N–H and O–H groups in total. The molecule has 0 unspecified atom stereocenters. The minimum Gasteiger partial charge on any atom is -0.484 e. The highest BCUT2D eigenvalue weighted by atomic mass is 16.5. The van der Waals surface area contributed by atoms with Crippen LogP contribution in [0.3, 0.4) is 0 Å². The van der Waals surface area contributed by atoms with Gasteiger partial charge in [0.25, 0.3) is 5.89 Å². The van der Waals surface area contributed by atoms with Gasteiger partial charge in [0.05, 0.1) is 0 Å². The molecule has 1 aromatic carbocycles. The molecular formula is C13H16N2O2. The van der Waals surface area contributed by atoms with Crippen LogP contribution in [0.25, 0.3) is 0 Å². The maximum absolute atomic E-state index is 5.60. The van der Waals surface area contributed by atoms with Gasteiger partial charge in [-0.15, -0.1) is 0 Å². The van der Waals surface area contributed by atoms with E-state index in [0.29, 0.717) is 18.3 Å². The second kappa shape index (κ2) is 5.48. The predicted molar refractivity (Wildman–Crippen MR) is 63.8 cm³/mol. The Morgan fingerprint density at radius 1 is 1.24 bits per heavy atom. The van der Waals surface area contributed by atoms with Gasteiger partial charge >= 0.3 is 0 Å². The Balaban J connectivity index is 1.96. The zero-order chi connectivity index (χ0) is 12.1. The zero-order valence-corrected chi connectivity index (χ0v) is 10.1. The van der Waals surface area contributed by atoms with E-state index >= 15 is 0 Å². The highest BCUT2D eigenvalue weighted by Gasteiger charge is 2.05. The van der Waals surface area contributed by atoms with Crippen LogP contribution < -0.4 is 4.74 Å². The summed E-state index contributed by atoms with van der Waals surface area (Å²) in [7, 11) is 0. The van der Waals surface area contributed by atoms with Crippen LogP contribution in [0.4, 0.5) is 0 Å². The van der Waals surface area contributed by atoms with Crippen molar-refractivity contribution < 1.29 is 9.26 Å². The lowest BCUT2D eigenvalue weighted by molar-refractivity contribution is 0.242. The number of hydrogen-bond acceptors (Lipinski definition) is 4. The maximum atomic E-state index is 5.60. The molecule has 17 heavy (non-hydrogen) atoms. The third-order valence-electron chi connectivity index (χ3n) is 2.50. The highest BCUT2D eigenvalue weighted by molar-refractivity contribution is 5.28. The van der Waals surface area contributed by atoms with E-state index in [1.165, 1.54) is 5.56 Å². The van der Waals surface area contributed by atoms with Crippen LogP contribution in [0.1, 0.15) is 31.1 Å². The number of aromatic nitrogens is 2. The normalized spacial score (nSPS) is 10.5. The molecule has 2 aromatic rings. The first kappa shape index (κ1) is 11.6. The predicted octanol–water partition coefficient (Wildman–Crippen LogP) is 2.77. The van der Waals surface area contributed by atoms with Crippen molar-refractivity contribution in [3.8, 4) is 5.75 Å². The summed E-state index contributed by atoms with van der Waals surface area (Å²) >= 11 is 0. The molecule has 0 aliphatic heterocycles. The third kappa shape index (κ3) is 3.06. The largest absolute Gasteiger partial charge is 0.484 e. The number of hydrogen-bond donors (Lipinski definition) is 0. The Morgan fingerprint density at radius 2 is 2.12 bits per heavy atom. The van der Waals surface area contributed by atoms with Gasteiger partial charge in [-0.05, 0) is 24.1 Å². The first-order chi connectivity index (χ1) is 8.31. The van der Waals surface area contributed by atoms with Crippen LogP contribution >= 0.6 is 0 Å². The lowest BCUT2D eigenvalue weighted by atomic mass is 10.2. The molecule has 90 valence electrons. The molecule has 0 amide bonds. The van der Waals surface area contributed by atoms with Crippen molar-refractivity contribution in [2.45, 2.75) is 33.3 Å². The number of benzene rings is 1. The van der Waals surface area contributed by atoms with Crippen LogP contribution in [-0.2, 0) is 19.4 Å². The summed E-state index contributed by atoms with van der Waals surface area (Å²) in [4.78, 5) is 4.18. The standard InChI is InChI=1S/C13H16N2O2/c1-3-10-6-5-7-11(8-10)16-9-13-14-12(4-2)15-17-13/h5-8H,3-4,9H2,1-2H3. The van der Waals surface area contributed by atoms with Gasteiger partial charge < -0.3 is 9.26 Å². The smallest absolute Gasteiger partial charge is 0.264 e. The van der Waals surface area contributed by atoms with Crippen molar-refractivity contribution in [3.63, 3.8) is 0 Å². The minimum absolute atomic E-state index is 0.320. The molecule has 0 bridgehead atoms. The summed E-state index contributed by atoms with van der Waals surface area (Å²) in [6, 6.07) is 8.02. The Bertz CT molecular complexity index is 480. The van der Waals surface area contributed by atoms with E-state index in [9.17, 15) is 0 Å². The molecule has 0 saturated carbocycles. The van der Waals surface area contributed by atoms with Gasteiger partial charge in [-0.3, -0.25) is 0 Å². The van der Waals surface area contributed by atoms with Gasteiger partial charge in [0.15, 0.2) is 12.4 Å². The number of nitrogens with zero attached hydrogens (tertiary/aromatic N) is 2. The van der Waals surface area contributed by atoms with Crippen molar-refractivity contribution >= 4 is 0 Å². The van der Waals surface area contributed by atoms with Crippen molar-refractivity contribution in [2.24, 2.45) is 0 Å². The Labute approximate surface area is 101 Å². The van der Waals surface area contributed by atoms with Gasteiger partial charge in [0.2, 0.25) is 0 Å². The molecule has 0 aliphatic rings. The summed E-state index contributed by atoms with van der Waals surface area (Å²) in [5, 5.41) is 3.81. The first-order valence-electron chi connectivity index (χ1n) is 5.85. The summed E-state index contributed by atoms with van der Waals surface area (Å²) in [5.74, 6) is 2.07. The second-order valence-corrected chi connectivity index (χ2v) is 3.75. The molecule has 1 heterocycles. The molecule has 0 aliphatic carbocycles. The molecule has 2 rings (SSSR count). The van der Waals surface area contributed by atoms with E-state index in [2.05, 4.69) is 23.1 Å². The summed E-state index contributed by atoms with van der Waals surface area (Å²) in [5.41, 5.74) is 1.25. The topological polar surface area (TPSA) is 48.2 Å². The fraction of sp³-hybridized carbons (Fsp3) is 0.385. The molecule has 1 aromatic heterocycles. The van der Waals surface area contributed by atoms with Crippen molar-refractivity contribution in [1.29, 1.82) is 0 Å². The summed E-state index contributed by atoms with van der Waals surface area (Å²) in [6.07, 6.45) is 1.77. The zero-order valence-electron chi connectivity index (χ0n) is 10.1. The van der Waals surface area contributed by atoms with Crippen LogP contribution in [0.5, 0.6) is 5.75 Å². The van der Waals surface area contributed by atoms with E-state index < -0.39 is 0 Å². The minimum atomic E-state index is 0.320. The fourth-order valence-electron chi connectivity index (χ4n) is 1.49. The molecule has 0 fully saturated rings. The summed E-state index contributed by atoms with van der Waals surface area (Å²) in [6.45, 7) is 4.42. The molecule has 4 heteroatoms. The summed E-state index contributed by atoms with van der Waals surface area (Å²) < 4.78 is 10.6. The lowest BCUT2D eigenvalue weighted by Gasteiger charge is -2.04. The number of rotatable bonds is 5. The van der Waals surface area contributed by atoms with Crippen LogP contribution in [-0.4, -0.2) is 10.1 Å². The van der Waals surface area contributed by atoms with E-state index in [4.69, 9.17) is 9.26 Å². The lowest BCUT2D eigenvalue weighted by Crippen LogP contribution is -1.96. The molecule has 0 saturated heterocycles. The first-order valence-corrected chi connectivity index (χ1v) is 5.85. The highest BCUT2D eigenvalue weighted by Crippen LogP contribution is 2.15. The van der Waals surface area contributed by atoms with E-state index in [1.54, 1.807) is 0 Å². The van der Waals surface area contributed by atoms with Crippen molar-refractivity contribution in [1.82, 2.24) is 10.1 Å². The second-order valence-electron chi connectivity index (χ2n) is 3.75. The Hall–Kier alpha value is -1.84. The molecule has 4 nitrogen and oxygen atoms in total.